The Balaban J connectivity index is 0.000000126. The number of benzene rings is 8. The molecule has 0 spiro atoms. The molecular formula is C75H67Cl3N6O7S9. The third-order valence-corrected chi connectivity index (χ3v) is 29.1. The van der Waals surface area contributed by atoms with Crippen LogP contribution in [0.3, 0.4) is 0 Å². The van der Waals surface area contributed by atoms with Crippen molar-refractivity contribution in [2.45, 2.75) is 90.8 Å². The summed E-state index contributed by atoms with van der Waals surface area (Å²) in [6.45, 7) is 22.4. The second-order valence-corrected chi connectivity index (χ2v) is 37.4. The number of halogens is 3. The third-order valence-electron chi connectivity index (χ3n) is 16.4. The Morgan fingerprint density at radius 2 is 0.680 bits per heavy atom. The lowest BCUT2D eigenvalue weighted by Crippen LogP contribution is -2.18. The molecule has 0 aliphatic heterocycles. The highest BCUT2D eigenvalue weighted by molar-refractivity contribution is 7.91. The largest absolute Gasteiger partial charge is 0.452 e. The Morgan fingerprint density at radius 3 is 0.960 bits per heavy atom. The number of aromatic nitrogens is 5. The normalized spacial score (nSPS) is 11.7. The molecule has 1 N–H and O–H groups in total. The highest BCUT2D eigenvalue weighted by Gasteiger charge is 2.20. The second kappa shape index (κ2) is 30.4. The summed E-state index contributed by atoms with van der Waals surface area (Å²) in [6.07, 6.45) is 2.86. The van der Waals surface area contributed by atoms with Crippen molar-refractivity contribution in [3.05, 3.63) is 222 Å². The number of thiazole rings is 5. The van der Waals surface area contributed by atoms with Gasteiger partial charge in [-0.25, -0.2) is 54.9 Å². The minimum Gasteiger partial charge on any atom is -0.452 e. The molecule has 0 bridgehead atoms. The molecule has 15 aromatic rings. The Labute approximate surface area is 621 Å². The van der Waals surface area contributed by atoms with E-state index in [0.29, 0.717) is 24.4 Å². The van der Waals surface area contributed by atoms with E-state index in [1.54, 1.807) is 124 Å². The van der Waals surface area contributed by atoms with Crippen molar-refractivity contribution in [3.8, 4) is 52.2 Å². The number of nitrogens with zero attached hydrogens (tertiary/aromatic N) is 5. The zero-order valence-corrected chi connectivity index (χ0v) is 66.2. The maximum atomic E-state index is 11.9. The number of sulfonamides is 1. The van der Waals surface area contributed by atoms with E-state index >= 15 is 0 Å². The van der Waals surface area contributed by atoms with Crippen LogP contribution in [0.25, 0.3) is 103 Å². The first-order chi connectivity index (χ1) is 47.4. The smallest absolute Gasteiger partial charge is 0.240 e. The van der Waals surface area contributed by atoms with Gasteiger partial charge in [0.2, 0.25) is 10.0 Å². The fourth-order valence-electron chi connectivity index (χ4n) is 10.5. The fourth-order valence-corrected chi connectivity index (χ4v) is 19.8. The summed E-state index contributed by atoms with van der Waals surface area (Å²) in [5, 5.41) is 5.68. The van der Waals surface area contributed by atoms with E-state index < -0.39 is 29.7 Å². The summed E-state index contributed by atoms with van der Waals surface area (Å²) >= 11 is 27.6. The molecule has 0 aliphatic carbocycles. The highest BCUT2D eigenvalue weighted by Crippen LogP contribution is 2.43. The molecule has 25 heteroatoms. The quantitative estimate of drug-likeness (QED) is 0.136. The summed E-state index contributed by atoms with van der Waals surface area (Å²) in [6, 6.07) is 45.4. The minimum absolute atomic E-state index is 0.117. The number of furan rings is 1. The van der Waals surface area contributed by atoms with Crippen molar-refractivity contribution in [1.29, 1.82) is 0 Å². The average molecular weight is 1560 g/mol. The molecular weight excluding hydrogens is 1490 g/mol. The van der Waals surface area contributed by atoms with Crippen molar-refractivity contribution in [3.63, 3.8) is 0 Å². The first kappa shape index (κ1) is 74.1. The SMILES string of the molecule is CCS(=O)(=O)c1ccc(-c2nc3c(C)ccc(C)c3s2)cc1.CNS(=O)(=O)c1ccc(-c2nc3c(C)ccc(C)c3s2)cc1.Cc1ccc(C)c2sc(-c3cc(Cl)c(Cl)s3)nc12.Cc1ccc(C)c2sc(-c3ccc(S(C)(=O)=O)cc3)nc12.Cc1ccc(C)c2sc(-c3coc(Cl)c3)nc12. The third kappa shape index (κ3) is 16.2. The molecule has 514 valence electrons. The molecule has 0 aliphatic rings. The van der Waals surface area contributed by atoms with Gasteiger partial charge in [-0.3, -0.25) is 0 Å². The van der Waals surface area contributed by atoms with Crippen molar-refractivity contribution >= 4 is 184 Å². The number of sulfone groups is 2. The zero-order chi connectivity index (χ0) is 71.9. The monoisotopic (exact) mass is 1560 g/mol. The maximum absolute atomic E-state index is 11.9. The van der Waals surface area contributed by atoms with Crippen LogP contribution < -0.4 is 4.72 Å². The molecule has 8 aromatic carbocycles. The molecule has 0 unspecified atom stereocenters. The molecule has 0 fully saturated rings. The molecule has 15 rings (SSSR count). The van der Waals surface area contributed by atoms with Gasteiger partial charge in [-0.1, -0.05) is 127 Å². The Hall–Kier alpha value is -7.13. The summed E-state index contributed by atoms with van der Waals surface area (Å²) in [5.74, 6) is 0.117. The predicted molar refractivity (Wildman–Crippen MR) is 425 cm³/mol. The lowest BCUT2D eigenvalue weighted by molar-refractivity contribution is 0.570. The van der Waals surface area contributed by atoms with E-state index in [0.717, 1.165) is 96.4 Å². The standard InChI is InChI=1S/C17H17NO2S2.C16H16N2O2S2.C16H15NO2S2.C13H9Cl2NS2.C13H10ClNOS/c1-4-22(19,20)14-9-7-13(8-10-14)17-18-15-11(2)5-6-12(3)16(15)21-17;1-10-4-5-11(2)15-14(10)18-16(21-15)12-6-8-13(9-7-12)22(19,20)17-3;1-10-4-5-11(2)15-14(10)17-16(20-15)12-6-8-13(9-7-12)21(3,18)19;1-6-3-4-7(2)11-10(6)16-13(18-11)9-5-8(14)12(15)17-9;1-7-3-4-8(2)12-11(7)15-13(17-12)9-5-10(14)16-6-9/h5-10H,4H2,1-3H3;4-9,17H,1-3H3;4-9H,1-3H3;3-5H,1-2H3;3-6H,1-2H3. The highest BCUT2D eigenvalue weighted by atomic mass is 35.5. The van der Waals surface area contributed by atoms with Crippen molar-refractivity contribution < 1.29 is 29.7 Å². The molecule has 7 aromatic heterocycles. The van der Waals surface area contributed by atoms with E-state index in [-0.39, 0.29) is 10.6 Å². The number of rotatable bonds is 10. The molecule has 100 heavy (non-hydrogen) atoms. The second-order valence-electron chi connectivity index (χ2n) is 23.8. The van der Waals surface area contributed by atoms with Crippen LogP contribution in [0.5, 0.6) is 0 Å². The van der Waals surface area contributed by atoms with Crippen LogP contribution in [0.15, 0.2) is 171 Å². The van der Waals surface area contributed by atoms with Gasteiger partial charge in [0, 0.05) is 29.0 Å². The Bertz CT molecular complexity index is 5560. The lowest BCUT2D eigenvalue weighted by atomic mass is 10.1. The van der Waals surface area contributed by atoms with Crippen LogP contribution in [-0.4, -0.2) is 69.2 Å². The van der Waals surface area contributed by atoms with Gasteiger partial charge in [-0.05, 0) is 186 Å². The molecule has 7 heterocycles. The van der Waals surface area contributed by atoms with Crippen molar-refractivity contribution in [2.24, 2.45) is 0 Å². The van der Waals surface area contributed by atoms with Crippen molar-refractivity contribution in [2.75, 3.05) is 19.1 Å². The van der Waals surface area contributed by atoms with Crippen LogP contribution >= 0.6 is 103 Å². The van der Waals surface area contributed by atoms with Crippen LogP contribution in [0.2, 0.25) is 14.6 Å². The summed E-state index contributed by atoms with van der Waals surface area (Å²) in [4.78, 5) is 25.5. The number of thiophene rings is 1. The number of fused-ring (bicyclic) bond motifs is 5. The molecule has 0 atom stereocenters. The first-order valence-corrected chi connectivity index (χ1v) is 42.2. The number of aryl methyl sites for hydroxylation is 10. The van der Waals surface area contributed by atoms with Gasteiger partial charge < -0.3 is 4.42 Å². The van der Waals surface area contributed by atoms with Crippen LogP contribution in [-0.2, 0) is 29.7 Å². The molecule has 0 saturated heterocycles. The minimum atomic E-state index is -3.40. The van der Waals surface area contributed by atoms with Gasteiger partial charge in [0.05, 0.1) is 87.0 Å². The van der Waals surface area contributed by atoms with Crippen LogP contribution in [0.4, 0.5) is 0 Å². The van der Waals surface area contributed by atoms with E-state index in [4.69, 9.17) is 59.2 Å². The van der Waals surface area contributed by atoms with E-state index in [1.807, 2.05) is 37.3 Å². The molecule has 13 nitrogen and oxygen atoms in total. The average Bonchev–Trinajstić information content (AvgIpc) is 1.67. The summed E-state index contributed by atoms with van der Waals surface area (Å²) in [7, 11) is -8.31. The van der Waals surface area contributed by atoms with Crippen LogP contribution in [0.1, 0.15) is 62.6 Å². The topological polar surface area (TPSA) is 192 Å². The maximum Gasteiger partial charge on any atom is 0.240 e. The van der Waals surface area contributed by atoms with Gasteiger partial charge in [0.15, 0.2) is 24.9 Å². The van der Waals surface area contributed by atoms with Gasteiger partial charge in [-0.2, -0.15) is 0 Å². The number of hydrogen-bond acceptors (Lipinski definition) is 18. The van der Waals surface area contributed by atoms with Crippen LogP contribution in [0, 0.1) is 69.2 Å². The van der Waals surface area contributed by atoms with E-state index in [9.17, 15) is 25.3 Å². The van der Waals surface area contributed by atoms with E-state index in [2.05, 4.69) is 133 Å². The van der Waals surface area contributed by atoms with Gasteiger partial charge in [-0.15, -0.1) is 68.0 Å². The molecule has 0 saturated carbocycles. The summed E-state index contributed by atoms with van der Waals surface area (Å²) < 4.78 is 84.3. The molecule has 0 amide bonds. The first-order valence-electron chi connectivity index (χ1n) is 31.1. The zero-order valence-electron chi connectivity index (χ0n) is 56.5. The fraction of sp³-hybridized carbons (Fsp3) is 0.187. The Morgan fingerprint density at radius 1 is 0.380 bits per heavy atom. The molecule has 0 radical (unpaired) electrons. The number of hydrogen-bond donors (Lipinski definition) is 1. The Kier molecular flexibility index (Phi) is 22.5. The van der Waals surface area contributed by atoms with Gasteiger partial charge in [0.25, 0.3) is 0 Å². The predicted octanol–water partition coefficient (Wildman–Crippen LogP) is 22.6. The van der Waals surface area contributed by atoms with Gasteiger partial charge in [0.1, 0.15) is 35.6 Å². The van der Waals surface area contributed by atoms with Crippen molar-refractivity contribution in [1.82, 2.24) is 29.6 Å². The number of nitrogens with one attached hydrogen (secondary N) is 1. The lowest BCUT2D eigenvalue weighted by Gasteiger charge is -2.02. The van der Waals surface area contributed by atoms with E-state index in [1.165, 1.54) is 87.1 Å². The summed E-state index contributed by atoms with van der Waals surface area (Å²) in [5.41, 5.74) is 21.0. The van der Waals surface area contributed by atoms with Gasteiger partial charge >= 0.3 is 0 Å².